The number of carbonyl (C=O) groups is 1. The molecule has 3 atom stereocenters. The fourth-order valence-corrected chi connectivity index (χ4v) is 4.21. The Morgan fingerprint density at radius 2 is 1.52 bits per heavy atom. The van der Waals surface area contributed by atoms with Gasteiger partial charge in [-0.05, 0) is 55.3 Å². The number of nitrogens with zero attached hydrogens (tertiary/aromatic N) is 1. The fraction of sp³-hybridized carbons (Fsp3) is 0.296. The molecule has 0 amide bonds. The first-order chi connectivity index (χ1) is 16.1. The second-order valence-corrected chi connectivity index (χ2v) is 7.94. The SMILES string of the molecule is COc1cccc(OC)c1C1OC(C)C(C=O)N1CCc1ccc(Oc2ccccc2)cc1. The minimum absolute atomic E-state index is 0.247. The second kappa shape index (κ2) is 10.5. The van der Waals surface area contributed by atoms with Crippen molar-refractivity contribution in [1.29, 1.82) is 0 Å². The monoisotopic (exact) mass is 447 g/mol. The zero-order chi connectivity index (χ0) is 23.2. The highest BCUT2D eigenvalue weighted by atomic mass is 16.5. The smallest absolute Gasteiger partial charge is 0.145 e. The van der Waals surface area contributed by atoms with Crippen molar-refractivity contribution >= 4 is 6.29 Å². The molecule has 172 valence electrons. The fourth-order valence-electron chi connectivity index (χ4n) is 4.21. The van der Waals surface area contributed by atoms with Crippen LogP contribution in [0.25, 0.3) is 0 Å². The number of methoxy groups -OCH3 is 2. The minimum atomic E-state index is -0.443. The van der Waals surface area contributed by atoms with E-state index in [2.05, 4.69) is 4.90 Å². The summed E-state index contributed by atoms with van der Waals surface area (Å²) in [7, 11) is 3.24. The molecular formula is C27H29NO5. The normalized spacial score (nSPS) is 20.4. The van der Waals surface area contributed by atoms with Gasteiger partial charge >= 0.3 is 0 Å². The Morgan fingerprint density at radius 3 is 2.12 bits per heavy atom. The van der Waals surface area contributed by atoms with Crippen LogP contribution in [0.5, 0.6) is 23.0 Å². The summed E-state index contributed by atoms with van der Waals surface area (Å²) in [5, 5.41) is 0. The van der Waals surface area contributed by atoms with Gasteiger partial charge in [-0.25, -0.2) is 0 Å². The maximum Gasteiger partial charge on any atom is 0.145 e. The quantitative estimate of drug-likeness (QED) is 0.429. The molecule has 6 nitrogen and oxygen atoms in total. The molecule has 3 aromatic carbocycles. The van der Waals surface area contributed by atoms with Crippen LogP contribution in [0.2, 0.25) is 0 Å². The number of rotatable bonds is 9. The molecule has 0 radical (unpaired) electrons. The van der Waals surface area contributed by atoms with Crippen LogP contribution in [0.1, 0.15) is 24.3 Å². The van der Waals surface area contributed by atoms with Crippen molar-refractivity contribution in [3.8, 4) is 23.0 Å². The molecule has 0 aromatic heterocycles. The van der Waals surface area contributed by atoms with Crippen LogP contribution in [-0.4, -0.2) is 44.1 Å². The van der Waals surface area contributed by atoms with E-state index in [1.807, 2.05) is 79.7 Å². The maximum atomic E-state index is 11.9. The maximum absolute atomic E-state index is 11.9. The van der Waals surface area contributed by atoms with Crippen LogP contribution in [-0.2, 0) is 16.0 Å². The zero-order valence-electron chi connectivity index (χ0n) is 19.1. The van der Waals surface area contributed by atoms with E-state index in [-0.39, 0.29) is 12.1 Å². The highest BCUT2D eigenvalue weighted by Gasteiger charge is 2.42. The van der Waals surface area contributed by atoms with Crippen molar-refractivity contribution in [2.75, 3.05) is 20.8 Å². The third kappa shape index (κ3) is 5.02. The van der Waals surface area contributed by atoms with Gasteiger partial charge in [0.1, 0.15) is 35.5 Å². The summed E-state index contributed by atoms with van der Waals surface area (Å²) in [6, 6.07) is 23.0. The third-order valence-electron chi connectivity index (χ3n) is 5.92. The molecule has 1 aliphatic rings. The highest BCUT2D eigenvalue weighted by molar-refractivity contribution is 5.60. The molecule has 0 saturated carbocycles. The molecule has 1 saturated heterocycles. The van der Waals surface area contributed by atoms with E-state index in [0.717, 1.165) is 35.3 Å². The Balaban J connectivity index is 1.51. The number of para-hydroxylation sites is 1. The van der Waals surface area contributed by atoms with Gasteiger partial charge in [-0.1, -0.05) is 36.4 Å². The Morgan fingerprint density at radius 1 is 0.879 bits per heavy atom. The van der Waals surface area contributed by atoms with Gasteiger partial charge in [0.05, 0.1) is 31.9 Å². The lowest BCUT2D eigenvalue weighted by molar-refractivity contribution is -0.112. The molecule has 0 bridgehead atoms. The Hall–Kier alpha value is -3.35. The molecule has 6 heteroatoms. The molecule has 3 aromatic rings. The molecule has 1 aliphatic heterocycles. The number of hydrogen-bond donors (Lipinski definition) is 0. The van der Waals surface area contributed by atoms with Gasteiger partial charge in [-0.2, -0.15) is 0 Å². The zero-order valence-corrected chi connectivity index (χ0v) is 19.1. The molecule has 33 heavy (non-hydrogen) atoms. The van der Waals surface area contributed by atoms with Gasteiger partial charge in [0, 0.05) is 6.54 Å². The van der Waals surface area contributed by atoms with Crippen molar-refractivity contribution in [3.63, 3.8) is 0 Å². The third-order valence-corrected chi connectivity index (χ3v) is 5.92. The highest BCUT2D eigenvalue weighted by Crippen LogP contribution is 2.43. The van der Waals surface area contributed by atoms with Gasteiger partial charge in [0.25, 0.3) is 0 Å². The van der Waals surface area contributed by atoms with Crippen LogP contribution in [0, 0.1) is 0 Å². The average Bonchev–Trinajstić information content (AvgIpc) is 3.18. The van der Waals surface area contributed by atoms with Crippen molar-refractivity contribution in [1.82, 2.24) is 4.90 Å². The second-order valence-electron chi connectivity index (χ2n) is 7.94. The summed E-state index contributed by atoms with van der Waals surface area (Å²) in [5.74, 6) is 2.93. The van der Waals surface area contributed by atoms with E-state index in [1.54, 1.807) is 14.2 Å². The van der Waals surface area contributed by atoms with Crippen molar-refractivity contribution in [2.24, 2.45) is 0 Å². The van der Waals surface area contributed by atoms with Gasteiger partial charge < -0.3 is 23.7 Å². The molecule has 1 heterocycles. The van der Waals surface area contributed by atoms with E-state index in [0.29, 0.717) is 18.0 Å². The average molecular weight is 448 g/mol. The predicted molar refractivity (Wildman–Crippen MR) is 126 cm³/mol. The van der Waals surface area contributed by atoms with Crippen LogP contribution in [0.4, 0.5) is 0 Å². The van der Waals surface area contributed by atoms with Crippen LogP contribution in [0.3, 0.4) is 0 Å². The topological polar surface area (TPSA) is 57.2 Å². The summed E-state index contributed by atoms with van der Waals surface area (Å²) < 4.78 is 23.3. The summed E-state index contributed by atoms with van der Waals surface area (Å²) in [4.78, 5) is 14.0. The minimum Gasteiger partial charge on any atom is -0.496 e. The van der Waals surface area contributed by atoms with E-state index in [1.165, 1.54) is 0 Å². The van der Waals surface area contributed by atoms with Crippen molar-refractivity contribution in [2.45, 2.75) is 31.7 Å². The summed E-state index contributed by atoms with van der Waals surface area (Å²) in [6.07, 6.45) is 1.02. The molecule has 0 aliphatic carbocycles. The van der Waals surface area contributed by atoms with Crippen LogP contribution >= 0.6 is 0 Å². The van der Waals surface area contributed by atoms with Crippen molar-refractivity contribution in [3.05, 3.63) is 83.9 Å². The summed E-state index contributed by atoms with van der Waals surface area (Å²) in [6.45, 7) is 2.56. The van der Waals surface area contributed by atoms with Gasteiger partial charge in [0.2, 0.25) is 0 Å². The lowest BCUT2D eigenvalue weighted by Crippen LogP contribution is -2.38. The number of aldehydes is 1. The molecule has 4 rings (SSSR count). The summed E-state index contributed by atoms with van der Waals surface area (Å²) in [5.41, 5.74) is 1.94. The first kappa shape index (κ1) is 22.8. The van der Waals surface area contributed by atoms with Gasteiger partial charge in [-0.15, -0.1) is 0 Å². The molecule has 0 N–H and O–H groups in total. The number of benzene rings is 3. The number of ether oxygens (including phenoxy) is 4. The van der Waals surface area contributed by atoms with E-state index >= 15 is 0 Å². The Bertz CT molecular complexity index is 1030. The first-order valence-electron chi connectivity index (χ1n) is 11.0. The van der Waals surface area contributed by atoms with E-state index in [4.69, 9.17) is 18.9 Å². The van der Waals surface area contributed by atoms with E-state index in [9.17, 15) is 4.79 Å². The van der Waals surface area contributed by atoms with Crippen LogP contribution in [0.15, 0.2) is 72.8 Å². The molecule has 0 spiro atoms. The molecule has 1 fully saturated rings. The number of hydrogen-bond acceptors (Lipinski definition) is 6. The first-order valence-corrected chi connectivity index (χ1v) is 11.0. The molecule has 3 unspecified atom stereocenters. The predicted octanol–water partition coefficient (Wildman–Crippen LogP) is 5.03. The summed E-state index contributed by atoms with van der Waals surface area (Å²) >= 11 is 0. The van der Waals surface area contributed by atoms with Crippen molar-refractivity contribution < 1.29 is 23.7 Å². The Kier molecular flexibility index (Phi) is 7.27. The Labute approximate surface area is 194 Å². The lowest BCUT2D eigenvalue weighted by Gasteiger charge is -2.28. The lowest BCUT2D eigenvalue weighted by atomic mass is 10.1. The van der Waals surface area contributed by atoms with Gasteiger partial charge in [0.15, 0.2) is 0 Å². The van der Waals surface area contributed by atoms with Gasteiger partial charge in [-0.3, -0.25) is 4.90 Å². The standard InChI is InChI=1S/C27H29NO5/c1-19-23(18-29)28(27(32-19)26-24(30-2)10-7-11-25(26)31-3)17-16-20-12-14-22(15-13-20)33-21-8-5-4-6-9-21/h4-15,18-19,23,27H,16-17H2,1-3H3. The van der Waals surface area contributed by atoms with Crippen LogP contribution < -0.4 is 14.2 Å². The largest absolute Gasteiger partial charge is 0.496 e. The number of carbonyl (C=O) groups excluding carboxylic acids is 1. The van der Waals surface area contributed by atoms with E-state index < -0.39 is 6.23 Å². The molecular weight excluding hydrogens is 418 g/mol.